The number of benzene rings is 1. The second-order valence-corrected chi connectivity index (χ2v) is 4.03. The van der Waals surface area contributed by atoms with E-state index >= 15 is 0 Å². The van der Waals surface area contributed by atoms with Crippen LogP contribution in [0.4, 0.5) is 23.7 Å². The molecule has 2 amide bonds. The van der Waals surface area contributed by atoms with Crippen molar-refractivity contribution in [2.75, 3.05) is 18.4 Å². The number of urea groups is 1. The van der Waals surface area contributed by atoms with Crippen LogP contribution in [0, 0.1) is 11.8 Å². The van der Waals surface area contributed by atoms with Crippen molar-refractivity contribution in [2.24, 2.45) is 5.73 Å². The van der Waals surface area contributed by atoms with Gasteiger partial charge in [-0.1, -0.05) is 23.4 Å². The van der Waals surface area contributed by atoms with Gasteiger partial charge in [-0.15, -0.1) is 0 Å². The van der Waals surface area contributed by atoms with Gasteiger partial charge in [0.25, 0.3) is 0 Å². The minimum Gasteiger partial charge on any atom is -0.329 e. The molecule has 0 aliphatic rings. The molecule has 1 aromatic rings. The lowest BCUT2D eigenvalue weighted by Gasteiger charge is -2.11. The van der Waals surface area contributed by atoms with Crippen LogP contribution in [0.15, 0.2) is 18.2 Å². The summed E-state index contributed by atoms with van der Waals surface area (Å²) in [7, 11) is 0. The molecule has 0 saturated heterocycles. The molecule has 4 nitrogen and oxygen atoms in total. The van der Waals surface area contributed by atoms with Crippen molar-refractivity contribution in [1.29, 1.82) is 0 Å². The Labute approximate surface area is 118 Å². The summed E-state index contributed by atoms with van der Waals surface area (Å²) in [4.78, 5) is 11.3. The minimum absolute atomic E-state index is 0.162. The van der Waals surface area contributed by atoms with Crippen molar-refractivity contribution in [3.63, 3.8) is 0 Å². The lowest BCUT2D eigenvalue weighted by molar-refractivity contribution is -0.122. The predicted molar refractivity (Wildman–Crippen MR) is 70.5 cm³/mol. The van der Waals surface area contributed by atoms with Crippen LogP contribution in [0.25, 0.3) is 0 Å². The van der Waals surface area contributed by atoms with E-state index in [4.69, 9.17) is 17.3 Å². The van der Waals surface area contributed by atoms with E-state index in [1.807, 2.05) is 0 Å². The number of alkyl halides is 3. The minimum atomic E-state index is -4.48. The molecule has 8 heteroatoms. The maximum atomic E-state index is 11.9. The highest BCUT2D eigenvalue weighted by atomic mass is 35.5. The molecule has 4 N–H and O–H groups in total. The monoisotopic (exact) mass is 305 g/mol. The van der Waals surface area contributed by atoms with Crippen molar-refractivity contribution in [2.45, 2.75) is 6.18 Å². The average molecular weight is 306 g/mol. The number of carbonyl (C=O) groups excluding carboxylic acids is 1. The molecule has 0 heterocycles. The average Bonchev–Trinajstić information content (AvgIpc) is 2.36. The zero-order valence-electron chi connectivity index (χ0n) is 10.1. The Morgan fingerprint density at radius 1 is 1.40 bits per heavy atom. The Balaban J connectivity index is 2.73. The molecule has 0 radical (unpaired) electrons. The molecule has 0 unspecified atom stereocenters. The zero-order chi connectivity index (χ0) is 15.2. The summed E-state index contributed by atoms with van der Waals surface area (Å²) in [5.74, 6) is 5.32. The van der Waals surface area contributed by atoms with E-state index in [-0.39, 0.29) is 17.3 Å². The molecule has 0 aliphatic heterocycles. The number of nitrogens with two attached hydrogens (primary N) is 1. The second-order valence-electron chi connectivity index (χ2n) is 3.62. The summed E-state index contributed by atoms with van der Waals surface area (Å²) in [5, 5.41) is 4.08. The van der Waals surface area contributed by atoms with Gasteiger partial charge in [-0.2, -0.15) is 13.2 Å². The van der Waals surface area contributed by atoms with E-state index in [0.29, 0.717) is 5.56 Å². The zero-order valence-corrected chi connectivity index (χ0v) is 10.9. The molecule has 20 heavy (non-hydrogen) atoms. The van der Waals surface area contributed by atoms with Gasteiger partial charge in [0.05, 0.1) is 17.3 Å². The topological polar surface area (TPSA) is 67.1 Å². The molecule has 0 fully saturated rings. The summed E-state index contributed by atoms with van der Waals surface area (Å²) in [6, 6.07) is 3.51. The molecule has 0 spiro atoms. The number of carbonyl (C=O) groups is 1. The number of hydrogen-bond donors (Lipinski definition) is 3. The van der Waals surface area contributed by atoms with Crippen LogP contribution >= 0.6 is 11.6 Å². The lowest BCUT2D eigenvalue weighted by Crippen LogP contribution is -2.36. The first-order chi connectivity index (χ1) is 9.31. The molecular formula is C12H11ClF3N3O. The summed E-state index contributed by atoms with van der Waals surface area (Å²) in [5.41, 5.74) is 5.91. The van der Waals surface area contributed by atoms with E-state index in [9.17, 15) is 18.0 Å². The quantitative estimate of drug-likeness (QED) is 0.734. The molecule has 0 aromatic heterocycles. The fourth-order valence-electron chi connectivity index (χ4n) is 1.20. The summed E-state index contributed by atoms with van der Waals surface area (Å²) < 4.78 is 35.8. The van der Waals surface area contributed by atoms with E-state index in [1.165, 1.54) is 12.1 Å². The van der Waals surface area contributed by atoms with Gasteiger partial charge in [0, 0.05) is 5.56 Å². The molecular weight excluding hydrogens is 295 g/mol. The highest BCUT2D eigenvalue weighted by Gasteiger charge is 2.27. The Bertz CT molecular complexity index is 549. The van der Waals surface area contributed by atoms with Crippen molar-refractivity contribution in [3.05, 3.63) is 28.8 Å². The molecule has 0 aliphatic carbocycles. The van der Waals surface area contributed by atoms with Crippen molar-refractivity contribution in [3.8, 4) is 11.8 Å². The van der Waals surface area contributed by atoms with Gasteiger partial charge in [-0.05, 0) is 18.2 Å². The third-order valence-electron chi connectivity index (χ3n) is 2.00. The van der Waals surface area contributed by atoms with Crippen molar-refractivity contribution >= 4 is 23.3 Å². The van der Waals surface area contributed by atoms with Crippen LogP contribution < -0.4 is 16.4 Å². The fraction of sp³-hybridized carbons (Fsp3) is 0.250. The Morgan fingerprint density at radius 3 is 2.70 bits per heavy atom. The SMILES string of the molecule is NCC#Cc1ccc(Cl)c(NC(=O)NCC(F)(F)F)c1. The maximum absolute atomic E-state index is 11.9. The second kappa shape index (κ2) is 7.03. The van der Waals surface area contributed by atoms with Gasteiger partial charge in [-0.25, -0.2) is 4.79 Å². The smallest absolute Gasteiger partial charge is 0.329 e. The van der Waals surface area contributed by atoms with Gasteiger partial charge in [0.2, 0.25) is 0 Å². The van der Waals surface area contributed by atoms with Crippen LogP contribution in [0.2, 0.25) is 5.02 Å². The van der Waals surface area contributed by atoms with E-state index < -0.39 is 18.8 Å². The predicted octanol–water partition coefficient (Wildman–Crippen LogP) is 2.33. The van der Waals surface area contributed by atoms with Gasteiger partial charge >= 0.3 is 12.2 Å². The maximum Gasteiger partial charge on any atom is 0.405 e. The molecule has 1 aromatic carbocycles. The molecule has 0 atom stereocenters. The normalized spacial score (nSPS) is 10.4. The van der Waals surface area contributed by atoms with Crippen molar-refractivity contribution < 1.29 is 18.0 Å². The first-order valence-corrected chi connectivity index (χ1v) is 5.79. The third kappa shape index (κ3) is 5.82. The summed E-state index contributed by atoms with van der Waals surface area (Å²) in [6.07, 6.45) is -4.48. The summed E-state index contributed by atoms with van der Waals surface area (Å²) >= 11 is 5.83. The molecule has 0 saturated carbocycles. The highest BCUT2D eigenvalue weighted by molar-refractivity contribution is 6.33. The number of nitrogens with one attached hydrogen (secondary N) is 2. The number of rotatable bonds is 2. The molecule has 1 rings (SSSR count). The molecule has 108 valence electrons. The first-order valence-electron chi connectivity index (χ1n) is 5.42. The van der Waals surface area contributed by atoms with Crippen LogP contribution in [0.1, 0.15) is 5.56 Å². The summed E-state index contributed by atoms with van der Waals surface area (Å²) in [6.45, 7) is -1.26. The van der Waals surface area contributed by atoms with Crippen LogP contribution in [0.3, 0.4) is 0 Å². The number of hydrogen-bond acceptors (Lipinski definition) is 2. The van der Waals surface area contributed by atoms with Crippen molar-refractivity contribution in [1.82, 2.24) is 5.32 Å². The number of anilines is 1. The largest absolute Gasteiger partial charge is 0.405 e. The highest BCUT2D eigenvalue weighted by Crippen LogP contribution is 2.22. The number of halogens is 4. The molecule has 0 bridgehead atoms. The van der Waals surface area contributed by atoms with Crippen LogP contribution in [0.5, 0.6) is 0 Å². The van der Waals surface area contributed by atoms with E-state index in [2.05, 4.69) is 17.2 Å². The van der Waals surface area contributed by atoms with E-state index in [1.54, 1.807) is 11.4 Å². The Morgan fingerprint density at radius 2 is 2.10 bits per heavy atom. The lowest BCUT2D eigenvalue weighted by atomic mass is 10.2. The van der Waals surface area contributed by atoms with Crippen LogP contribution in [-0.4, -0.2) is 25.3 Å². The van der Waals surface area contributed by atoms with Gasteiger partial charge in [0.15, 0.2) is 0 Å². The number of amides is 2. The fourth-order valence-corrected chi connectivity index (χ4v) is 1.36. The van der Waals surface area contributed by atoms with E-state index in [0.717, 1.165) is 0 Å². The first kappa shape index (κ1) is 16.1. The van der Waals surface area contributed by atoms with Gasteiger partial charge < -0.3 is 16.4 Å². The Kier molecular flexibility index (Phi) is 5.67. The van der Waals surface area contributed by atoms with Crippen LogP contribution in [-0.2, 0) is 0 Å². The van der Waals surface area contributed by atoms with Gasteiger partial charge in [-0.3, -0.25) is 0 Å². The Hall–Kier alpha value is -1.91. The third-order valence-corrected chi connectivity index (χ3v) is 2.33. The standard InChI is InChI=1S/C12H11ClF3N3O/c13-9-4-3-8(2-1-5-17)6-10(9)19-11(20)18-7-12(14,15)16/h3-4,6H,5,7,17H2,(H2,18,19,20). The van der Waals surface area contributed by atoms with Gasteiger partial charge in [0.1, 0.15) is 6.54 Å².